The van der Waals surface area contributed by atoms with Gasteiger partial charge >= 0.3 is 0 Å². The Morgan fingerprint density at radius 3 is 1.65 bits per heavy atom. The number of hydrogen-bond acceptors (Lipinski definition) is 1. The third kappa shape index (κ3) is 3.18. The number of unbranched alkanes of at least 4 members (excludes halogenated alkanes) is 1. The van der Waals surface area contributed by atoms with Crippen LogP contribution in [0.25, 0.3) is 0 Å². The first-order valence-corrected chi connectivity index (χ1v) is 6.29. The van der Waals surface area contributed by atoms with Crippen molar-refractivity contribution < 1.29 is 0 Å². The Kier molecular flexibility index (Phi) is 4.34. The summed E-state index contributed by atoms with van der Waals surface area (Å²) in [4.78, 5) is 2.38. The molecule has 0 aliphatic rings. The Morgan fingerprint density at radius 1 is 0.765 bits per heavy atom. The van der Waals surface area contributed by atoms with Crippen LogP contribution in [-0.2, 0) is 0 Å². The minimum absolute atomic E-state index is 1.07. The second kappa shape index (κ2) is 6.21. The summed E-state index contributed by atoms with van der Waals surface area (Å²) in [5, 5.41) is 0. The molecule has 0 saturated carbocycles. The lowest BCUT2D eigenvalue weighted by atomic mass is 10.2. The molecule has 0 amide bonds. The molecule has 2 aromatic rings. The minimum Gasteiger partial charge on any atom is -0.0972 e. The van der Waals surface area contributed by atoms with Crippen LogP contribution in [-0.4, -0.2) is 6.54 Å². The Balaban J connectivity index is 2.26. The van der Waals surface area contributed by atoms with Gasteiger partial charge in [0.1, 0.15) is 6.54 Å². The van der Waals surface area contributed by atoms with E-state index in [-0.39, 0.29) is 0 Å². The van der Waals surface area contributed by atoms with Crippen molar-refractivity contribution >= 4 is 11.4 Å². The van der Waals surface area contributed by atoms with Crippen LogP contribution in [0.3, 0.4) is 0 Å². The average Bonchev–Trinajstić information content (AvgIpc) is 2.42. The number of nitrogens with zero attached hydrogens (tertiary/aromatic N) is 1. The van der Waals surface area contributed by atoms with E-state index in [2.05, 4.69) is 72.5 Å². The number of hydrogen-bond donors (Lipinski definition) is 0. The number of benzene rings is 2. The Bertz CT molecular complexity index is 382. The van der Waals surface area contributed by atoms with E-state index in [1.807, 2.05) is 0 Å². The summed E-state index contributed by atoms with van der Waals surface area (Å²) in [6.45, 7) is 3.30. The van der Waals surface area contributed by atoms with Crippen molar-refractivity contribution in [2.45, 2.75) is 19.8 Å². The molecule has 1 heteroatoms. The van der Waals surface area contributed by atoms with Gasteiger partial charge in [0.2, 0.25) is 0 Å². The lowest BCUT2D eigenvalue weighted by molar-refractivity contribution is 0.632. The molecule has 0 atom stereocenters. The number of anilines is 2. The molecule has 0 aromatic heterocycles. The molecule has 2 rings (SSSR count). The smallest absolute Gasteiger partial charge is 0.0972 e. The van der Waals surface area contributed by atoms with Crippen LogP contribution in [0.1, 0.15) is 19.8 Å². The molecule has 0 fully saturated rings. The fraction of sp³-hybridized carbons (Fsp3) is 0.250. The monoisotopic (exact) mass is 225 g/mol. The molecule has 0 spiro atoms. The molecular formula is C16H19N+. The molecular weight excluding hydrogens is 206 g/mol. The summed E-state index contributed by atoms with van der Waals surface area (Å²) in [7, 11) is 0. The highest BCUT2D eigenvalue weighted by Crippen LogP contribution is 2.24. The van der Waals surface area contributed by atoms with Gasteiger partial charge in [-0.05, 0) is 0 Å². The zero-order valence-electron chi connectivity index (χ0n) is 10.3. The van der Waals surface area contributed by atoms with E-state index in [0.717, 1.165) is 6.54 Å². The molecule has 0 unspecified atom stereocenters. The predicted octanol–water partition coefficient (Wildman–Crippen LogP) is 4.59. The fourth-order valence-corrected chi connectivity index (χ4v) is 1.94. The van der Waals surface area contributed by atoms with Crippen LogP contribution in [0.5, 0.6) is 0 Å². The van der Waals surface area contributed by atoms with E-state index in [4.69, 9.17) is 0 Å². The summed E-state index contributed by atoms with van der Waals surface area (Å²) < 4.78 is 0. The largest absolute Gasteiger partial charge is 0.186 e. The summed E-state index contributed by atoms with van der Waals surface area (Å²) >= 11 is 0. The first-order valence-electron chi connectivity index (χ1n) is 6.29. The molecule has 0 aliphatic heterocycles. The third-order valence-electron chi connectivity index (χ3n) is 2.87. The molecule has 17 heavy (non-hydrogen) atoms. The van der Waals surface area contributed by atoms with E-state index < -0.39 is 0 Å². The van der Waals surface area contributed by atoms with Crippen LogP contribution < -0.4 is 4.90 Å². The van der Waals surface area contributed by atoms with Crippen LogP contribution in [0, 0.1) is 0 Å². The Morgan fingerprint density at radius 2 is 1.24 bits per heavy atom. The van der Waals surface area contributed by atoms with Gasteiger partial charge in [0.05, 0.1) is 0 Å². The molecule has 87 valence electrons. The average molecular weight is 225 g/mol. The molecule has 0 N–H and O–H groups in total. The zero-order chi connectivity index (χ0) is 11.9. The molecule has 2 aromatic carbocycles. The van der Waals surface area contributed by atoms with Crippen molar-refractivity contribution in [2.24, 2.45) is 0 Å². The maximum absolute atomic E-state index is 2.38. The van der Waals surface area contributed by atoms with E-state index in [0.29, 0.717) is 0 Å². The topological polar surface area (TPSA) is 5.90 Å². The molecule has 1 nitrogen and oxygen atoms in total. The summed E-state index contributed by atoms with van der Waals surface area (Å²) in [6.07, 6.45) is 2.43. The standard InChI is InChI=1S/C16H19N/c1-2-3-14-17(15-10-6-4-7-11-15)16-12-8-5-9-13-16/h4-13H,2-3,14H2,1H3/q+1. The van der Waals surface area contributed by atoms with Crippen molar-refractivity contribution in [3.63, 3.8) is 0 Å². The van der Waals surface area contributed by atoms with Gasteiger partial charge in [-0.2, -0.15) is 0 Å². The van der Waals surface area contributed by atoms with Gasteiger partial charge in [-0.25, -0.2) is 0 Å². The second-order valence-electron chi connectivity index (χ2n) is 4.18. The Hall–Kier alpha value is -1.60. The molecule has 0 heterocycles. The second-order valence-corrected chi connectivity index (χ2v) is 4.18. The Labute approximate surface area is 104 Å². The molecule has 0 bridgehead atoms. The molecule has 0 aliphatic carbocycles. The van der Waals surface area contributed by atoms with Gasteiger partial charge < -0.3 is 0 Å². The van der Waals surface area contributed by atoms with Crippen LogP contribution in [0.15, 0.2) is 60.7 Å². The maximum atomic E-state index is 2.38. The highest BCUT2D eigenvalue weighted by Gasteiger charge is 2.20. The van der Waals surface area contributed by atoms with Crippen molar-refractivity contribution in [3.8, 4) is 0 Å². The first-order chi connectivity index (χ1) is 8.42. The van der Waals surface area contributed by atoms with E-state index in [9.17, 15) is 0 Å². The van der Waals surface area contributed by atoms with Gasteiger partial charge in [-0.15, -0.1) is 0 Å². The lowest BCUT2D eigenvalue weighted by Gasteiger charge is -2.10. The highest BCUT2D eigenvalue weighted by atomic mass is 15.1. The molecule has 1 radical (unpaired) electrons. The first kappa shape index (κ1) is 11.9. The van der Waals surface area contributed by atoms with Gasteiger partial charge in [-0.1, -0.05) is 54.6 Å². The lowest BCUT2D eigenvalue weighted by Crippen LogP contribution is -2.19. The fourth-order valence-electron chi connectivity index (χ4n) is 1.94. The zero-order valence-corrected chi connectivity index (χ0v) is 10.3. The SMILES string of the molecule is CCCC[N+](c1ccccc1)c1ccccc1. The van der Waals surface area contributed by atoms with Crippen LogP contribution in [0.2, 0.25) is 0 Å². The third-order valence-corrected chi connectivity index (χ3v) is 2.87. The number of rotatable bonds is 5. The van der Waals surface area contributed by atoms with E-state index in [1.165, 1.54) is 24.2 Å². The highest BCUT2D eigenvalue weighted by molar-refractivity contribution is 5.52. The van der Waals surface area contributed by atoms with Gasteiger partial charge in [0, 0.05) is 30.7 Å². The van der Waals surface area contributed by atoms with Gasteiger partial charge in [-0.3, -0.25) is 0 Å². The van der Waals surface area contributed by atoms with Crippen LogP contribution >= 0.6 is 0 Å². The van der Waals surface area contributed by atoms with Crippen molar-refractivity contribution in [1.29, 1.82) is 0 Å². The quantitative estimate of drug-likeness (QED) is 0.656. The predicted molar refractivity (Wildman–Crippen MR) is 74.1 cm³/mol. The van der Waals surface area contributed by atoms with E-state index in [1.54, 1.807) is 0 Å². The van der Waals surface area contributed by atoms with Crippen LogP contribution in [0.4, 0.5) is 11.4 Å². The summed E-state index contributed by atoms with van der Waals surface area (Å²) in [6, 6.07) is 21.2. The minimum atomic E-state index is 1.07. The normalized spacial score (nSPS) is 10.7. The van der Waals surface area contributed by atoms with Crippen molar-refractivity contribution in [1.82, 2.24) is 4.90 Å². The van der Waals surface area contributed by atoms with Gasteiger partial charge in [0.15, 0.2) is 11.4 Å². The maximum Gasteiger partial charge on any atom is 0.186 e. The van der Waals surface area contributed by atoms with Crippen molar-refractivity contribution in [2.75, 3.05) is 6.54 Å². The van der Waals surface area contributed by atoms with E-state index >= 15 is 0 Å². The van der Waals surface area contributed by atoms with Crippen molar-refractivity contribution in [3.05, 3.63) is 60.7 Å². The molecule has 0 saturated heterocycles. The number of para-hydroxylation sites is 2. The summed E-state index contributed by atoms with van der Waals surface area (Å²) in [5.41, 5.74) is 2.54. The van der Waals surface area contributed by atoms with Gasteiger partial charge in [0.25, 0.3) is 0 Å². The summed E-state index contributed by atoms with van der Waals surface area (Å²) in [5.74, 6) is 0.